The van der Waals surface area contributed by atoms with Crippen molar-refractivity contribution in [1.29, 1.82) is 0 Å². The molecule has 1 N–H and O–H groups in total. The first-order valence-electron chi connectivity index (χ1n) is 10.6. The molecule has 164 valence electrons. The van der Waals surface area contributed by atoms with Crippen LogP contribution in [0.25, 0.3) is 6.08 Å². The van der Waals surface area contributed by atoms with Crippen LogP contribution in [0.1, 0.15) is 23.6 Å². The first-order valence-corrected chi connectivity index (χ1v) is 10.6. The molecule has 0 radical (unpaired) electrons. The van der Waals surface area contributed by atoms with Crippen LogP contribution >= 0.6 is 0 Å². The highest BCUT2D eigenvalue weighted by Gasteiger charge is 2.26. The van der Waals surface area contributed by atoms with Gasteiger partial charge in [-0.05, 0) is 61.7 Å². The molecular formula is C25H31N3O3. The molecule has 6 heteroatoms. The Bertz CT molecular complexity index is 945. The molecule has 1 aliphatic heterocycles. The number of amides is 2. The van der Waals surface area contributed by atoms with Gasteiger partial charge in [0.25, 0.3) is 0 Å². The van der Waals surface area contributed by atoms with Crippen molar-refractivity contribution in [2.24, 2.45) is 0 Å². The number of hydrogen-bond donors (Lipinski definition) is 1. The molecule has 0 aliphatic carbocycles. The zero-order valence-corrected chi connectivity index (χ0v) is 18.7. The van der Waals surface area contributed by atoms with E-state index in [4.69, 9.17) is 4.74 Å². The normalized spacial score (nSPS) is 15.1. The summed E-state index contributed by atoms with van der Waals surface area (Å²) in [5, 5.41) is 2.77. The fraction of sp³-hybridized carbons (Fsp3) is 0.360. The zero-order chi connectivity index (χ0) is 22.4. The lowest BCUT2D eigenvalue weighted by molar-refractivity contribution is -0.135. The molecule has 0 aromatic heterocycles. The third kappa shape index (κ3) is 5.66. The van der Waals surface area contributed by atoms with Crippen LogP contribution in [-0.2, 0) is 9.59 Å². The lowest BCUT2D eigenvalue weighted by Gasteiger charge is -2.38. The van der Waals surface area contributed by atoms with Crippen molar-refractivity contribution >= 4 is 23.6 Å². The van der Waals surface area contributed by atoms with Crippen LogP contribution in [0.15, 0.2) is 48.5 Å². The molecule has 1 heterocycles. The van der Waals surface area contributed by atoms with Crippen LogP contribution < -0.4 is 15.0 Å². The number of benzene rings is 2. The van der Waals surface area contributed by atoms with E-state index < -0.39 is 6.04 Å². The molecule has 2 aromatic carbocycles. The van der Waals surface area contributed by atoms with E-state index in [0.717, 1.165) is 24.4 Å². The number of nitrogens with zero attached hydrogens (tertiary/aromatic N) is 2. The summed E-state index contributed by atoms with van der Waals surface area (Å²) in [6.45, 7) is 8.86. The lowest BCUT2D eigenvalue weighted by atomic mass is 10.1. The number of anilines is 1. The summed E-state index contributed by atoms with van der Waals surface area (Å²) in [6.07, 6.45) is 3.17. The van der Waals surface area contributed by atoms with Gasteiger partial charge >= 0.3 is 0 Å². The molecule has 0 saturated carbocycles. The van der Waals surface area contributed by atoms with Crippen molar-refractivity contribution in [3.8, 4) is 5.75 Å². The maximum Gasteiger partial charge on any atom is 0.244 e. The Morgan fingerprint density at radius 1 is 1.03 bits per heavy atom. The average molecular weight is 422 g/mol. The summed E-state index contributed by atoms with van der Waals surface area (Å²) >= 11 is 0. The largest absolute Gasteiger partial charge is 0.497 e. The molecule has 0 bridgehead atoms. The van der Waals surface area contributed by atoms with Crippen LogP contribution in [0.5, 0.6) is 5.75 Å². The van der Waals surface area contributed by atoms with Gasteiger partial charge in [-0.1, -0.05) is 24.3 Å². The van der Waals surface area contributed by atoms with E-state index in [2.05, 4.69) is 42.3 Å². The highest BCUT2D eigenvalue weighted by atomic mass is 16.5. The van der Waals surface area contributed by atoms with Crippen molar-refractivity contribution in [3.63, 3.8) is 0 Å². The number of carbonyl (C=O) groups excluding carboxylic acids is 2. The second-order valence-corrected chi connectivity index (χ2v) is 7.87. The van der Waals surface area contributed by atoms with Crippen molar-refractivity contribution < 1.29 is 14.3 Å². The molecular weight excluding hydrogens is 390 g/mol. The van der Waals surface area contributed by atoms with Gasteiger partial charge in [0.05, 0.1) is 7.11 Å². The van der Waals surface area contributed by atoms with Gasteiger partial charge in [0.2, 0.25) is 11.8 Å². The Morgan fingerprint density at radius 2 is 1.71 bits per heavy atom. The number of methoxy groups -OCH3 is 1. The van der Waals surface area contributed by atoms with Crippen molar-refractivity contribution in [2.45, 2.75) is 26.8 Å². The lowest BCUT2D eigenvalue weighted by Crippen LogP contribution is -2.54. The van der Waals surface area contributed by atoms with Crippen LogP contribution in [0, 0.1) is 13.8 Å². The predicted octanol–water partition coefficient (Wildman–Crippen LogP) is 3.18. The molecule has 0 spiro atoms. The number of ether oxygens (including phenoxy) is 1. The summed E-state index contributed by atoms with van der Waals surface area (Å²) in [7, 11) is 1.61. The zero-order valence-electron chi connectivity index (χ0n) is 18.7. The molecule has 1 aliphatic rings. The van der Waals surface area contributed by atoms with Gasteiger partial charge in [-0.2, -0.15) is 0 Å². The maximum absolute atomic E-state index is 12.8. The van der Waals surface area contributed by atoms with Crippen molar-refractivity contribution in [2.75, 3.05) is 38.2 Å². The van der Waals surface area contributed by atoms with Crippen molar-refractivity contribution in [3.05, 3.63) is 65.2 Å². The molecule has 6 nitrogen and oxygen atoms in total. The van der Waals surface area contributed by atoms with E-state index in [1.165, 1.54) is 22.9 Å². The van der Waals surface area contributed by atoms with Crippen LogP contribution in [0.3, 0.4) is 0 Å². The number of piperazine rings is 1. The van der Waals surface area contributed by atoms with Crippen LogP contribution in [0.2, 0.25) is 0 Å². The standard InChI is InChI=1S/C25H31N3O3/c1-18-6-5-7-23(19(18)2)27-14-16-28(17-15-27)25(30)20(3)26-24(29)13-10-21-8-11-22(31-4)12-9-21/h5-13,20H,14-17H2,1-4H3,(H,26,29). The molecule has 1 unspecified atom stereocenters. The Morgan fingerprint density at radius 3 is 2.35 bits per heavy atom. The number of carbonyl (C=O) groups is 2. The molecule has 2 aromatic rings. The Hall–Kier alpha value is -3.28. The minimum atomic E-state index is -0.569. The molecule has 1 atom stereocenters. The van der Waals surface area contributed by atoms with Gasteiger partial charge in [-0.3, -0.25) is 9.59 Å². The predicted molar refractivity (Wildman–Crippen MR) is 124 cm³/mol. The summed E-state index contributed by atoms with van der Waals surface area (Å²) in [4.78, 5) is 29.2. The number of hydrogen-bond acceptors (Lipinski definition) is 4. The number of nitrogens with one attached hydrogen (secondary N) is 1. The van der Waals surface area contributed by atoms with E-state index in [1.54, 1.807) is 20.1 Å². The highest BCUT2D eigenvalue weighted by Crippen LogP contribution is 2.24. The van der Waals surface area contributed by atoms with Gasteiger partial charge in [-0.15, -0.1) is 0 Å². The van der Waals surface area contributed by atoms with Gasteiger partial charge in [-0.25, -0.2) is 0 Å². The average Bonchev–Trinajstić information content (AvgIpc) is 2.79. The summed E-state index contributed by atoms with van der Waals surface area (Å²) in [5.41, 5.74) is 4.68. The van der Waals surface area contributed by atoms with Crippen LogP contribution in [0.4, 0.5) is 5.69 Å². The molecule has 31 heavy (non-hydrogen) atoms. The van der Waals surface area contributed by atoms with Crippen LogP contribution in [-0.4, -0.2) is 56.0 Å². The van der Waals surface area contributed by atoms with Crippen molar-refractivity contribution in [1.82, 2.24) is 10.2 Å². The second-order valence-electron chi connectivity index (χ2n) is 7.87. The third-order valence-corrected chi connectivity index (χ3v) is 5.78. The smallest absolute Gasteiger partial charge is 0.244 e. The fourth-order valence-electron chi connectivity index (χ4n) is 3.73. The quantitative estimate of drug-likeness (QED) is 0.728. The first kappa shape index (κ1) is 22.4. The maximum atomic E-state index is 12.8. The van der Waals surface area contributed by atoms with Gasteiger partial charge < -0.3 is 19.9 Å². The topological polar surface area (TPSA) is 61.9 Å². The second kappa shape index (κ2) is 10.2. The van der Waals surface area contributed by atoms with E-state index >= 15 is 0 Å². The number of aryl methyl sites for hydroxylation is 1. The summed E-state index contributed by atoms with van der Waals surface area (Å²) < 4.78 is 5.13. The Balaban J connectivity index is 1.50. The fourth-order valence-corrected chi connectivity index (χ4v) is 3.73. The van der Waals surface area contributed by atoms with E-state index in [0.29, 0.717) is 13.1 Å². The minimum absolute atomic E-state index is 0.0492. The van der Waals surface area contributed by atoms with E-state index in [1.807, 2.05) is 29.2 Å². The van der Waals surface area contributed by atoms with Gasteiger partial charge in [0, 0.05) is 37.9 Å². The van der Waals surface area contributed by atoms with E-state index in [9.17, 15) is 9.59 Å². The minimum Gasteiger partial charge on any atom is -0.497 e. The number of rotatable bonds is 6. The monoisotopic (exact) mass is 421 g/mol. The Kier molecular flexibility index (Phi) is 7.34. The summed E-state index contributed by atoms with van der Waals surface area (Å²) in [5.74, 6) is 0.427. The van der Waals surface area contributed by atoms with E-state index in [-0.39, 0.29) is 11.8 Å². The Labute approximate surface area is 184 Å². The SMILES string of the molecule is COc1ccc(C=CC(=O)NC(C)C(=O)N2CCN(c3cccc(C)c3C)CC2)cc1. The third-order valence-electron chi connectivity index (χ3n) is 5.78. The first-order chi connectivity index (χ1) is 14.9. The van der Waals surface area contributed by atoms with Gasteiger partial charge in [0.1, 0.15) is 11.8 Å². The molecule has 1 fully saturated rings. The highest BCUT2D eigenvalue weighted by molar-refractivity contribution is 5.95. The van der Waals surface area contributed by atoms with Gasteiger partial charge in [0.15, 0.2) is 0 Å². The molecule has 2 amide bonds. The summed E-state index contributed by atoms with van der Waals surface area (Å²) in [6, 6.07) is 13.2. The molecule has 3 rings (SSSR count). The molecule has 1 saturated heterocycles.